The van der Waals surface area contributed by atoms with Gasteiger partial charge in [-0.2, -0.15) is 0 Å². The van der Waals surface area contributed by atoms with Gasteiger partial charge >= 0.3 is 6.03 Å². The van der Waals surface area contributed by atoms with E-state index in [9.17, 15) is 4.79 Å². The second-order valence-electron chi connectivity index (χ2n) is 3.54. The summed E-state index contributed by atoms with van der Waals surface area (Å²) >= 11 is 0. The Morgan fingerprint density at radius 3 is 2.72 bits per heavy atom. The van der Waals surface area contributed by atoms with Crippen LogP contribution >= 0.6 is 0 Å². The number of nitrogens with one attached hydrogen (secondary N) is 2. The zero-order chi connectivity index (χ0) is 13.2. The fraction of sp³-hybridized carbons (Fsp3) is 0.133. The fourth-order valence-electron chi connectivity index (χ4n) is 1.30. The largest absolute Gasteiger partial charge is 0.334 e. The van der Waals surface area contributed by atoms with Gasteiger partial charge in [0.2, 0.25) is 0 Å². The third-order valence-corrected chi connectivity index (χ3v) is 2.22. The molecule has 0 saturated heterocycles. The summed E-state index contributed by atoms with van der Waals surface area (Å²) in [6.07, 6.45) is 10.1. The lowest BCUT2D eigenvalue weighted by atomic mass is 10.2. The Hall–Kier alpha value is -2.47. The first-order valence-electron chi connectivity index (χ1n) is 5.64. The van der Waals surface area contributed by atoms with Crippen LogP contribution in [0.5, 0.6) is 0 Å². The number of benzene rings is 1. The minimum atomic E-state index is -0.256. The maximum atomic E-state index is 11.6. The second-order valence-corrected chi connectivity index (χ2v) is 3.54. The lowest BCUT2D eigenvalue weighted by Gasteiger charge is -2.07. The van der Waals surface area contributed by atoms with Crippen LogP contribution in [-0.2, 0) is 6.54 Å². The molecular formula is C15H16N2O. The molecule has 0 spiro atoms. The first kappa shape index (κ1) is 13.6. The van der Waals surface area contributed by atoms with E-state index in [0.717, 1.165) is 5.56 Å². The molecule has 0 fully saturated rings. The van der Waals surface area contributed by atoms with Crippen molar-refractivity contribution >= 4 is 6.03 Å². The molecule has 92 valence electrons. The van der Waals surface area contributed by atoms with Crippen LogP contribution in [0.15, 0.2) is 54.3 Å². The molecule has 0 aliphatic carbocycles. The third-order valence-electron chi connectivity index (χ3n) is 2.22. The lowest BCUT2D eigenvalue weighted by molar-refractivity contribution is 0.243. The standard InChI is InChI=1S/C15H16N2O/c1-3-5-11-14(4-2)17-15(18)16-12-13-9-7-6-8-10-13/h1,4-11H,12H2,2H3,(H2,16,17,18)/b11-5-,14-4+. The first-order chi connectivity index (χ1) is 8.76. The van der Waals surface area contributed by atoms with E-state index in [1.165, 1.54) is 6.08 Å². The highest BCUT2D eigenvalue weighted by Gasteiger charge is 2.00. The van der Waals surface area contributed by atoms with Crippen LogP contribution in [0.25, 0.3) is 0 Å². The van der Waals surface area contributed by atoms with Crippen LogP contribution in [0.1, 0.15) is 12.5 Å². The number of carbonyl (C=O) groups excluding carboxylic acids is 1. The van der Waals surface area contributed by atoms with Crippen LogP contribution in [0, 0.1) is 12.3 Å². The van der Waals surface area contributed by atoms with E-state index in [-0.39, 0.29) is 6.03 Å². The van der Waals surface area contributed by atoms with Crippen molar-refractivity contribution in [1.29, 1.82) is 0 Å². The van der Waals surface area contributed by atoms with Gasteiger partial charge in [-0.1, -0.05) is 42.3 Å². The molecule has 0 aliphatic heterocycles. The highest BCUT2D eigenvalue weighted by atomic mass is 16.2. The molecule has 1 aromatic rings. The molecule has 0 aliphatic rings. The van der Waals surface area contributed by atoms with Crippen LogP contribution in [0.3, 0.4) is 0 Å². The van der Waals surface area contributed by atoms with E-state index >= 15 is 0 Å². The number of rotatable bonds is 4. The minimum absolute atomic E-state index is 0.256. The van der Waals surface area contributed by atoms with Crippen molar-refractivity contribution in [2.24, 2.45) is 0 Å². The van der Waals surface area contributed by atoms with Gasteiger partial charge in [0.15, 0.2) is 0 Å². The summed E-state index contributed by atoms with van der Waals surface area (Å²) in [5, 5.41) is 5.46. The van der Waals surface area contributed by atoms with Crippen molar-refractivity contribution in [3.8, 4) is 12.3 Å². The van der Waals surface area contributed by atoms with Crippen molar-refractivity contribution in [2.45, 2.75) is 13.5 Å². The summed E-state index contributed by atoms with van der Waals surface area (Å²) in [5.74, 6) is 2.37. The van der Waals surface area contributed by atoms with Crippen LogP contribution in [0.2, 0.25) is 0 Å². The molecule has 0 heterocycles. The Morgan fingerprint density at radius 1 is 1.39 bits per heavy atom. The normalized spacial score (nSPS) is 11.0. The predicted molar refractivity (Wildman–Crippen MR) is 73.5 cm³/mol. The summed E-state index contributed by atoms with van der Waals surface area (Å²) in [6.45, 7) is 2.32. The van der Waals surface area contributed by atoms with Gasteiger partial charge in [0.1, 0.15) is 0 Å². The van der Waals surface area contributed by atoms with Gasteiger partial charge in [0, 0.05) is 12.2 Å². The van der Waals surface area contributed by atoms with E-state index in [1.54, 1.807) is 12.2 Å². The highest BCUT2D eigenvalue weighted by Crippen LogP contribution is 1.97. The van der Waals surface area contributed by atoms with E-state index < -0.39 is 0 Å². The van der Waals surface area contributed by atoms with Gasteiger partial charge in [-0.15, -0.1) is 6.42 Å². The molecule has 2 N–H and O–H groups in total. The summed E-state index contributed by atoms with van der Waals surface area (Å²) < 4.78 is 0. The third kappa shape index (κ3) is 5.04. The molecule has 0 unspecified atom stereocenters. The number of terminal acetylenes is 1. The molecular weight excluding hydrogens is 224 g/mol. The Balaban J connectivity index is 2.43. The fourth-order valence-corrected chi connectivity index (χ4v) is 1.30. The van der Waals surface area contributed by atoms with E-state index in [1.807, 2.05) is 37.3 Å². The Bertz CT molecular complexity index is 481. The summed E-state index contributed by atoms with van der Waals surface area (Å²) in [5.41, 5.74) is 1.72. The number of urea groups is 1. The Morgan fingerprint density at radius 2 is 2.11 bits per heavy atom. The molecule has 18 heavy (non-hydrogen) atoms. The molecule has 0 saturated carbocycles. The maximum Gasteiger partial charge on any atom is 0.319 e. The van der Waals surface area contributed by atoms with Gasteiger partial charge in [0.25, 0.3) is 0 Å². The number of amides is 2. The number of carbonyl (C=O) groups is 1. The Labute approximate surface area is 108 Å². The molecule has 1 aromatic carbocycles. The summed E-state index contributed by atoms with van der Waals surface area (Å²) in [4.78, 5) is 11.6. The number of allylic oxidation sites excluding steroid dienone is 3. The average molecular weight is 240 g/mol. The molecule has 1 rings (SSSR count). The van der Waals surface area contributed by atoms with Crippen molar-refractivity contribution < 1.29 is 4.79 Å². The summed E-state index contributed by atoms with van der Waals surface area (Å²) in [7, 11) is 0. The first-order valence-corrected chi connectivity index (χ1v) is 5.64. The Kier molecular flexibility index (Phi) is 5.85. The van der Waals surface area contributed by atoms with Crippen molar-refractivity contribution in [1.82, 2.24) is 10.6 Å². The predicted octanol–water partition coefficient (Wildman–Crippen LogP) is 2.58. The van der Waals surface area contributed by atoms with Crippen molar-refractivity contribution in [3.05, 3.63) is 59.8 Å². The minimum Gasteiger partial charge on any atom is -0.334 e. The average Bonchev–Trinajstić information content (AvgIpc) is 2.42. The molecule has 0 radical (unpaired) electrons. The smallest absolute Gasteiger partial charge is 0.319 e. The zero-order valence-corrected chi connectivity index (χ0v) is 10.3. The van der Waals surface area contributed by atoms with Crippen LogP contribution in [0.4, 0.5) is 4.79 Å². The van der Waals surface area contributed by atoms with Gasteiger partial charge in [-0.05, 0) is 24.6 Å². The topological polar surface area (TPSA) is 41.1 Å². The maximum absolute atomic E-state index is 11.6. The molecule has 0 atom stereocenters. The SMILES string of the molecule is C#C/C=C\C(=C/C)NC(=O)NCc1ccccc1. The molecule has 0 aromatic heterocycles. The van der Waals surface area contributed by atoms with E-state index in [4.69, 9.17) is 6.42 Å². The highest BCUT2D eigenvalue weighted by molar-refractivity contribution is 5.76. The van der Waals surface area contributed by atoms with Gasteiger partial charge < -0.3 is 10.6 Å². The second kappa shape index (κ2) is 7.75. The van der Waals surface area contributed by atoms with Crippen molar-refractivity contribution in [2.75, 3.05) is 0 Å². The molecule has 0 bridgehead atoms. The van der Waals surface area contributed by atoms with Crippen LogP contribution < -0.4 is 10.6 Å². The molecule has 3 nitrogen and oxygen atoms in total. The summed E-state index contributed by atoms with van der Waals surface area (Å²) in [6, 6.07) is 9.45. The zero-order valence-electron chi connectivity index (χ0n) is 10.3. The number of hydrogen-bond donors (Lipinski definition) is 2. The van der Waals surface area contributed by atoms with Gasteiger partial charge in [-0.25, -0.2) is 4.79 Å². The van der Waals surface area contributed by atoms with E-state index in [2.05, 4.69) is 16.6 Å². The van der Waals surface area contributed by atoms with E-state index in [0.29, 0.717) is 12.2 Å². The van der Waals surface area contributed by atoms with Gasteiger partial charge in [-0.3, -0.25) is 0 Å². The molecule has 2 amide bonds. The quantitative estimate of drug-likeness (QED) is 0.616. The molecule has 3 heteroatoms. The van der Waals surface area contributed by atoms with Crippen LogP contribution in [-0.4, -0.2) is 6.03 Å². The van der Waals surface area contributed by atoms with Gasteiger partial charge in [0.05, 0.1) is 0 Å². The van der Waals surface area contributed by atoms with Crippen molar-refractivity contribution in [3.63, 3.8) is 0 Å². The number of hydrogen-bond acceptors (Lipinski definition) is 1. The monoisotopic (exact) mass is 240 g/mol. The lowest BCUT2D eigenvalue weighted by Crippen LogP contribution is -2.34.